The number of rotatable bonds is 2. The van der Waals surface area contributed by atoms with Crippen LogP contribution in [0.2, 0.25) is 0 Å². The van der Waals surface area contributed by atoms with Gasteiger partial charge in [0, 0.05) is 12.3 Å². The third kappa shape index (κ3) is 1.88. The molecule has 0 spiro atoms. The Morgan fingerprint density at radius 3 is 2.90 bits per heavy atom. The molecule has 0 aliphatic heterocycles. The lowest BCUT2D eigenvalue weighted by Crippen LogP contribution is -2.06. The van der Waals surface area contributed by atoms with Gasteiger partial charge in [0.15, 0.2) is 4.73 Å². The average Bonchev–Trinajstić information content (AvgIpc) is 3.15. The Bertz CT molecular complexity index is 979. The van der Waals surface area contributed by atoms with Crippen LogP contribution in [0.5, 0.6) is 0 Å². The average molecular weight is 347 g/mol. The van der Waals surface area contributed by atoms with E-state index in [2.05, 4.69) is 51.0 Å². The van der Waals surface area contributed by atoms with Gasteiger partial charge in [0.25, 0.3) is 5.56 Å². The van der Waals surface area contributed by atoms with Gasteiger partial charge in [-0.1, -0.05) is 0 Å². The SMILES string of the molecule is O=c1ccn2c(-c3cnc[nH]3)c(-c3n[nH]c(Br)n3)nc2[nH]1. The number of hydrogen-bond donors (Lipinski definition) is 3. The van der Waals surface area contributed by atoms with Crippen LogP contribution in [0.15, 0.2) is 34.3 Å². The predicted molar refractivity (Wildman–Crippen MR) is 76.5 cm³/mol. The smallest absolute Gasteiger partial charge is 0.252 e. The molecule has 0 atom stereocenters. The predicted octanol–water partition coefficient (Wildman–Crippen LogP) is 0.960. The van der Waals surface area contributed by atoms with Gasteiger partial charge in [-0.25, -0.2) is 9.97 Å². The van der Waals surface area contributed by atoms with Crippen molar-refractivity contribution >= 4 is 21.7 Å². The number of imidazole rings is 2. The summed E-state index contributed by atoms with van der Waals surface area (Å²) in [6.45, 7) is 0. The van der Waals surface area contributed by atoms with E-state index in [1.165, 1.54) is 6.07 Å². The maximum Gasteiger partial charge on any atom is 0.252 e. The number of fused-ring (bicyclic) bond motifs is 1. The highest BCUT2D eigenvalue weighted by Crippen LogP contribution is 2.28. The molecule has 4 heterocycles. The van der Waals surface area contributed by atoms with E-state index in [1.807, 2.05) is 0 Å². The van der Waals surface area contributed by atoms with Crippen LogP contribution in [0.1, 0.15) is 0 Å². The summed E-state index contributed by atoms with van der Waals surface area (Å²) in [5.41, 5.74) is 1.75. The zero-order valence-electron chi connectivity index (χ0n) is 10.3. The van der Waals surface area contributed by atoms with Gasteiger partial charge in [0.1, 0.15) is 11.4 Å². The molecule has 9 nitrogen and oxygen atoms in total. The fourth-order valence-electron chi connectivity index (χ4n) is 2.11. The van der Waals surface area contributed by atoms with Crippen LogP contribution < -0.4 is 5.56 Å². The molecule has 0 aromatic carbocycles. The molecule has 4 aromatic heterocycles. The van der Waals surface area contributed by atoms with Crippen LogP contribution in [0.3, 0.4) is 0 Å². The fourth-order valence-corrected chi connectivity index (χ4v) is 2.36. The first-order valence-corrected chi connectivity index (χ1v) is 6.70. The van der Waals surface area contributed by atoms with Crippen LogP contribution in [0.25, 0.3) is 28.7 Å². The van der Waals surface area contributed by atoms with Gasteiger partial charge in [0.05, 0.1) is 18.2 Å². The number of aromatic nitrogens is 8. The van der Waals surface area contributed by atoms with Crippen molar-refractivity contribution in [1.29, 1.82) is 0 Å². The summed E-state index contributed by atoms with van der Waals surface area (Å²) in [6.07, 6.45) is 4.88. The van der Waals surface area contributed by atoms with Crippen molar-refractivity contribution in [2.75, 3.05) is 0 Å². The lowest BCUT2D eigenvalue weighted by molar-refractivity contribution is 1.07. The van der Waals surface area contributed by atoms with Crippen LogP contribution in [0.4, 0.5) is 0 Å². The minimum absolute atomic E-state index is 0.230. The molecule has 0 aliphatic carbocycles. The Morgan fingerprint density at radius 1 is 1.29 bits per heavy atom. The molecule has 0 amide bonds. The van der Waals surface area contributed by atoms with E-state index < -0.39 is 0 Å². The first kappa shape index (κ1) is 12.0. The van der Waals surface area contributed by atoms with Crippen LogP contribution >= 0.6 is 15.9 Å². The molecule has 3 N–H and O–H groups in total. The lowest BCUT2D eigenvalue weighted by Gasteiger charge is -1.99. The summed E-state index contributed by atoms with van der Waals surface area (Å²) < 4.78 is 2.24. The van der Waals surface area contributed by atoms with Gasteiger partial charge in [-0.2, -0.15) is 10.1 Å². The van der Waals surface area contributed by atoms with Gasteiger partial charge >= 0.3 is 0 Å². The summed E-state index contributed by atoms with van der Waals surface area (Å²) in [7, 11) is 0. The topological polar surface area (TPSA) is 120 Å². The van der Waals surface area contributed by atoms with Crippen molar-refractivity contribution in [2.24, 2.45) is 0 Å². The van der Waals surface area contributed by atoms with Gasteiger partial charge in [-0.05, 0) is 15.9 Å². The van der Waals surface area contributed by atoms with Crippen molar-refractivity contribution in [3.63, 3.8) is 0 Å². The Labute approximate surface area is 124 Å². The third-order valence-electron chi connectivity index (χ3n) is 2.94. The van der Waals surface area contributed by atoms with Crippen molar-refractivity contribution < 1.29 is 0 Å². The van der Waals surface area contributed by atoms with Crippen molar-refractivity contribution in [3.05, 3.63) is 39.9 Å². The maximum absolute atomic E-state index is 11.5. The van der Waals surface area contributed by atoms with E-state index >= 15 is 0 Å². The van der Waals surface area contributed by atoms with E-state index in [4.69, 9.17) is 0 Å². The number of halogens is 1. The van der Waals surface area contributed by atoms with E-state index in [9.17, 15) is 4.79 Å². The molecule has 0 radical (unpaired) electrons. The minimum atomic E-state index is -0.230. The molecule has 0 unspecified atom stereocenters. The highest BCUT2D eigenvalue weighted by Gasteiger charge is 2.20. The Hall–Kier alpha value is -2.75. The Morgan fingerprint density at radius 2 is 2.19 bits per heavy atom. The number of nitrogens with one attached hydrogen (secondary N) is 3. The minimum Gasteiger partial charge on any atom is -0.343 e. The molecule has 4 aromatic rings. The number of hydrogen-bond acceptors (Lipinski definition) is 5. The summed E-state index contributed by atoms with van der Waals surface area (Å²) in [5.74, 6) is 0.819. The second-order valence-electron chi connectivity index (χ2n) is 4.22. The quantitative estimate of drug-likeness (QED) is 0.499. The molecule has 0 bridgehead atoms. The Balaban J connectivity index is 2.09. The summed E-state index contributed by atoms with van der Waals surface area (Å²) in [5, 5.41) is 6.79. The summed E-state index contributed by atoms with van der Waals surface area (Å²) >= 11 is 3.22. The van der Waals surface area contributed by atoms with E-state index in [1.54, 1.807) is 23.1 Å². The molecule has 104 valence electrons. The van der Waals surface area contributed by atoms with Gasteiger partial charge < -0.3 is 4.98 Å². The van der Waals surface area contributed by atoms with E-state index in [-0.39, 0.29) is 5.56 Å². The van der Waals surface area contributed by atoms with Gasteiger partial charge in [-0.3, -0.25) is 19.3 Å². The Kier molecular flexibility index (Phi) is 2.51. The van der Waals surface area contributed by atoms with Crippen LogP contribution in [-0.4, -0.2) is 39.5 Å². The van der Waals surface area contributed by atoms with Crippen molar-refractivity contribution in [3.8, 4) is 22.9 Å². The lowest BCUT2D eigenvalue weighted by atomic mass is 10.2. The second-order valence-corrected chi connectivity index (χ2v) is 4.97. The maximum atomic E-state index is 11.5. The molecule has 0 saturated carbocycles. The normalized spacial score (nSPS) is 11.3. The molecular weight excluding hydrogens is 340 g/mol. The molecule has 10 heteroatoms. The van der Waals surface area contributed by atoms with E-state index in [0.29, 0.717) is 27.7 Å². The second kappa shape index (κ2) is 4.38. The standard InChI is InChI=1S/C11H7BrN8O/c12-10-17-9(18-19-10)7-8(5-3-13-4-14-5)20-2-1-6(21)15-11(20)16-7/h1-4H,(H,13,14)(H,15,16,21)(H,17,18,19). The monoisotopic (exact) mass is 346 g/mol. The molecule has 4 rings (SSSR count). The van der Waals surface area contributed by atoms with Gasteiger partial charge in [0.2, 0.25) is 11.6 Å². The molecule has 21 heavy (non-hydrogen) atoms. The summed E-state index contributed by atoms with van der Waals surface area (Å²) in [4.78, 5) is 29.8. The highest BCUT2D eigenvalue weighted by atomic mass is 79.9. The zero-order chi connectivity index (χ0) is 14.4. The van der Waals surface area contributed by atoms with Crippen molar-refractivity contribution in [1.82, 2.24) is 39.5 Å². The summed E-state index contributed by atoms with van der Waals surface area (Å²) in [6, 6.07) is 1.42. The molecule has 0 saturated heterocycles. The largest absolute Gasteiger partial charge is 0.343 e. The molecule has 0 fully saturated rings. The number of H-pyrrole nitrogens is 3. The van der Waals surface area contributed by atoms with Crippen LogP contribution in [0, 0.1) is 0 Å². The van der Waals surface area contributed by atoms with Gasteiger partial charge in [-0.15, -0.1) is 0 Å². The number of nitrogens with zero attached hydrogens (tertiary/aromatic N) is 5. The molecular formula is C11H7BrN8O. The first-order valence-electron chi connectivity index (χ1n) is 5.91. The van der Waals surface area contributed by atoms with Crippen LogP contribution in [-0.2, 0) is 0 Å². The van der Waals surface area contributed by atoms with Crippen molar-refractivity contribution in [2.45, 2.75) is 0 Å². The third-order valence-corrected chi connectivity index (χ3v) is 3.30. The molecule has 0 aliphatic rings. The fraction of sp³-hybridized carbons (Fsp3) is 0. The number of aromatic amines is 3. The first-order chi connectivity index (χ1) is 10.2. The highest BCUT2D eigenvalue weighted by molar-refractivity contribution is 9.10. The zero-order valence-corrected chi connectivity index (χ0v) is 11.9. The van der Waals surface area contributed by atoms with E-state index in [0.717, 1.165) is 5.69 Å².